The van der Waals surface area contributed by atoms with E-state index in [1.54, 1.807) is 23.7 Å². The third-order valence-electron chi connectivity index (χ3n) is 2.39. The van der Waals surface area contributed by atoms with Gasteiger partial charge in [0.25, 0.3) is 0 Å². The van der Waals surface area contributed by atoms with E-state index in [0.29, 0.717) is 11.6 Å². The number of methoxy groups -OCH3 is 1. The highest BCUT2D eigenvalue weighted by Crippen LogP contribution is 2.13. The molecule has 0 aromatic carbocycles. The molecule has 2 rings (SSSR count). The second kappa shape index (κ2) is 4.99. The summed E-state index contributed by atoms with van der Waals surface area (Å²) >= 11 is 0. The van der Waals surface area contributed by atoms with Crippen LogP contribution in [-0.4, -0.2) is 40.2 Å². The number of nitrogens with zero attached hydrogens (tertiary/aromatic N) is 3. The smallest absolute Gasteiger partial charge is 0.356 e. The zero-order valence-electron chi connectivity index (χ0n) is 10.1. The van der Waals surface area contributed by atoms with Crippen molar-refractivity contribution in [1.82, 2.24) is 14.4 Å². The lowest BCUT2D eigenvalue weighted by atomic mass is 10.3. The predicted octanol–water partition coefficient (Wildman–Crippen LogP) is 1.29. The molecule has 2 aromatic heterocycles. The summed E-state index contributed by atoms with van der Waals surface area (Å²) in [6, 6.07) is 1.10. The number of imidazole rings is 1. The van der Waals surface area contributed by atoms with Crippen LogP contribution in [0.3, 0.4) is 0 Å². The summed E-state index contributed by atoms with van der Waals surface area (Å²) < 4.78 is 18.8. The molecule has 1 N–H and O–H groups in total. The van der Waals surface area contributed by atoms with E-state index in [1.165, 1.54) is 13.2 Å². The van der Waals surface area contributed by atoms with Crippen LogP contribution >= 0.6 is 0 Å². The van der Waals surface area contributed by atoms with E-state index in [0.717, 1.165) is 0 Å². The van der Waals surface area contributed by atoms with Gasteiger partial charge >= 0.3 is 5.97 Å². The largest absolute Gasteiger partial charge is 0.464 e. The van der Waals surface area contributed by atoms with Crippen LogP contribution in [0.1, 0.15) is 17.4 Å². The van der Waals surface area contributed by atoms with Gasteiger partial charge in [0.2, 0.25) is 5.95 Å². The number of aromatic nitrogens is 3. The van der Waals surface area contributed by atoms with Crippen molar-refractivity contribution in [2.24, 2.45) is 0 Å². The molecule has 18 heavy (non-hydrogen) atoms. The van der Waals surface area contributed by atoms with Crippen LogP contribution in [0.5, 0.6) is 0 Å². The molecule has 6 nitrogen and oxygen atoms in total. The van der Waals surface area contributed by atoms with Crippen LogP contribution in [0.4, 0.5) is 10.3 Å². The Balaban J connectivity index is 2.48. The van der Waals surface area contributed by atoms with Gasteiger partial charge in [-0.25, -0.2) is 19.2 Å². The fraction of sp³-hybridized carbons (Fsp3) is 0.364. The Morgan fingerprint density at radius 3 is 3.11 bits per heavy atom. The maximum Gasteiger partial charge on any atom is 0.356 e. The molecule has 0 saturated heterocycles. The van der Waals surface area contributed by atoms with Crippen LogP contribution in [0.2, 0.25) is 0 Å². The van der Waals surface area contributed by atoms with Crippen LogP contribution in [-0.2, 0) is 4.74 Å². The number of carbonyl (C=O) groups is 1. The van der Waals surface area contributed by atoms with E-state index in [4.69, 9.17) is 0 Å². The molecular weight excluding hydrogens is 239 g/mol. The van der Waals surface area contributed by atoms with Crippen molar-refractivity contribution in [3.05, 3.63) is 24.2 Å². The Morgan fingerprint density at radius 2 is 2.44 bits per heavy atom. The van der Waals surface area contributed by atoms with Crippen LogP contribution in [0.15, 0.2) is 18.5 Å². The van der Waals surface area contributed by atoms with Gasteiger partial charge in [-0.3, -0.25) is 4.40 Å². The van der Waals surface area contributed by atoms with Crippen molar-refractivity contribution in [3.8, 4) is 0 Å². The fourth-order valence-corrected chi connectivity index (χ4v) is 1.49. The first kappa shape index (κ1) is 12.3. The molecule has 0 amide bonds. The molecule has 0 spiro atoms. The van der Waals surface area contributed by atoms with Gasteiger partial charge in [0.05, 0.1) is 13.2 Å². The van der Waals surface area contributed by atoms with Crippen molar-refractivity contribution in [2.75, 3.05) is 19.1 Å². The Labute approximate surface area is 103 Å². The maximum atomic E-state index is 12.5. The fourth-order valence-electron chi connectivity index (χ4n) is 1.49. The zero-order chi connectivity index (χ0) is 13.1. The molecular formula is C11H13FN4O2. The van der Waals surface area contributed by atoms with Gasteiger partial charge < -0.3 is 10.1 Å². The Bertz CT molecular complexity index is 569. The number of nitrogens with one attached hydrogen (secondary N) is 1. The minimum Gasteiger partial charge on any atom is -0.464 e. The molecule has 0 radical (unpaired) electrons. The number of alkyl halides is 1. The van der Waals surface area contributed by atoms with E-state index in [1.807, 2.05) is 0 Å². The Kier molecular flexibility index (Phi) is 3.40. The zero-order valence-corrected chi connectivity index (χ0v) is 10.1. The summed E-state index contributed by atoms with van der Waals surface area (Å²) in [6.07, 6.45) is 3.25. The highest BCUT2D eigenvalue weighted by molar-refractivity contribution is 5.88. The lowest BCUT2D eigenvalue weighted by Crippen LogP contribution is -2.21. The number of carbonyl (C=O) groups excluding carboxylic acids is 1. The highest BCUT2D eigenvalue weighted by atomic mass is 19.1. The van der Waals surface area contributed by atoms with Gasteiger partial charge in [-0.15, -0.1) is 0 Å². The molecule has 2 heterocycles. The number of anilines is 1. The summed E-state index contributed by atoms with van der Waals surface area (Å²) in [5, 5.41) is 2.87. The molecule has 0 aliphatic rings. The summed E-state index contributed by atoms with van der Waals surface area (Å²) in [6.45, 7) is 1.13. The van der Waals surface area contributed by atoms with Crippen LogP contribution in [0.25, 0.3) is 5.65 Å². The predicted molar refractivity (Wildman–Crippen MR) is 63.4 cm³/mol. The first-order valence-corrected chi connectivity index (χ1v) is 5.40. The first-order valence-electron chi connectivity index (χ1n) is 5.40. The standard InChI is InChI=1S/C11H13FN4O2/c1-7(6-12)14-11-15-8(10(17)18-2)5-9-13-3-4-16(9)11/h3-5,7H,6H2,1-2H3,(H,14,15)/t7-/m1/s1. The molecule has 0 fully saturated rings. The van der Waals surface area contributed by atoms with Gasteiger partial charge in [0.1, 0.15) is 12.3 Å². The van der Waals surface area contributed by atoms with Gasteiger partial charge in [-0.05, 0) is 6.92 Å². The SMILES string of the molecule is COC(=O)c1cc2nccn2c(N[C@H](C)CF)n1. The van der Waals surface area contributed by atoms with Gasteiger partial charge in [-0.2, -0.15) is 0 Å². The molecule has 0 aliphatic carbocycles. The Hall–Kier alpha value is -2.18. The average Bonchev–Trinajstić information content (AvgIpc) is 2.85. The van der Waals surface area contributed by atoms with E-state index < -0.39 is 18.7 Å². The number of halogens is 1. The van der Waals surface area contributed by atoms with Gasteiger partial charge in [-0.1, -0.05) is 0 Å². The lowest BCUT2D eigenvalue weighted by Gasteiger charge is -2.13. The third-order valence-corrected chi connectivity index (χ3v) is 2.39. The van der Waals surface area contributed by atoms with Crippen molar-refractivity contribution in [2.45, 2.75) is 13.0 Å². The summed E-state index contributed by atoms with van der Waals surface area (Å²) in [7, 11) is 1.27. The van der Waals surface area contributed by atoms with E-state index in [2.05, 4.69) is 20.0 Å². The number of rotatable bonds is 4. The van der Waals surface area contributed by atoms with E-state index in [-0.39, 0.29) is 5.69 Å². The van der Waals surface area contributed by atoms with E-state index in [9.17, 15) is 9.18 Å². The second-order valence-corrected chi connectivity index (χ2v) is 3.81. The molecule has 1 atom stereocenters. The van der Waals surface area contributed by atoms with Gasteiger partial charge in [0, 0.05) is 18.5 Å². The Morgan fingerprint density at radius 1 is 1.67 bits per heavy atom. The molecule has 0 saturated carbocycles. The minimum absolute atomic E-state index is 0.129. The third kappa shape index (κ3) is 2.24. The number of fused-ring (bicyclic) bond motifs is 1. The molecule has 96 valence electrons. The van der Waals surface area contributed by atoms with Crippen molar-refractivity contribution in [3.63, 3.8) is 0 Å². The first-order chi connectivity index (χ1) is 8.65. The van der Waals surface area contributed by atoms with Crippen LogP contribution < -0.4 is 5.32 Å². The number of esters is 1. The summed E-state index contributed by atoms with van der Waals surface area (Å²) in [4.78, 5) is 19.6. The topological polar surface area (TPSA) is 68.5 Å². The molecule has 0 unspecified atom stereocenters. The van der Waals surface area contributed by atoms with Crippen LogP contribution in [0, 0.1) is 0 Å². The lowest BCUT2D eigenvalue weighted by molar-refractivity contribution is 0.0594. The van der Waals surface area contributed by atoms with E-state index >= 15 is 0 Å². The number of ether oxygens (including phenoxy) is 1. The molecule has 2 aromatic rings. The number of hydrogen-bond acceptors (Lipinski definition) is 5. The average molecular weight is 252 g/mol. The van der Waals surface area contributed by atoms with Gasteiger partial charge in [0.15, 0.2) is 5.69 Å². The summed E-state index contributed by atoms with van der Waals surface area (Å²) in [5.41, 5.74) is 0.670. The van der Waals surface area contributed by atoms with Crippen molar-refractivity contribution < 1.29 is 13.9 Å². The normalized spacial score (nSPS) is 12.4. The quantitative estimate of drug-likeness (QED) is 0.830. The van der Waals surface area contributed by atoms with Crippen molar-refractivity contribution in [1.29, 1.82) is 0 Å². The molecule has 0 bridgehead atoms. The minimum atomic E-state index is -0.559. The highest BCUT2D eigenvalue weighted by Gasteiger charge is 2.14. The maximum absolute atomic E-state index is 12.5. The summed E-state index contributed by atoms with van der Waals surface area (Å²) in [5.74, 6) is -0.202. The molecule has 0 aliphatic heterocycles. The number of hydrogen-bond donors (Lipinski definition) is 1. The monoisotopic (exact) mass is 252 g/mol. The van der Waals surface area contributed by atoms with Crippen molar-refractivity contribution >= 4 is 17.6 Å². The molecule has 7 heteroatoms. The second-order valence-electron chi connectivity index (χ2n) is 3.81.